The molecule has 2 nitrogen and oxygen atoms in total. The fourth-order valence-electron chi connectivity index (χ4n) is 2.02. The lowest BCUT2D eigenvalue weighted by Crippen LogP contribution is -2.06. The first kappa shape index (κ1) is 13.4. The summed E-state index contributed by atoms with van der Waals surface area (Å²) in [6, 6.07) is 12.5. The summed E-state index contributed by atoms with van der Waals surface area (Å²) in [6.07, 6.45) is -1.60. The van der Waals surface area contributed by atoms with E-state index < -0.39 is 11.7 Å². The fraction of sp³-hybridized carbons (Fsp3) is 0.0625. The van der Waals surface area contributed by atoms with E-state index in [0.29, 0.717) is 11.1 Å². The molecule has 1 heterocycles. The van der Waals surface area contributed by atoms with Crippen molar-refractivity contribution in [3.05, 3.63) is 65.5 Å². The predicted octanol–water partition coefficient (Wildman–Crippen LogP) is 5.02. The first-order chi connectivity index (χ1) is 10.0. The number of aromatic nitrogens is 1. The third-order valence-electron chi connectivity index (χ3n) is 2.98. The molecule has 21 heavy (non-hydrogen) atoms. The normalized spacial score (nSPS) is 12.3. The second-order valence-electron chi connectivity index (χ2n) is 4.44. The van der Waals surface area contributed by atoms with Crippen molar-refractivity contribution >= 4 is 23.3 Å². The Hall–Kier alpha value is -2.56. The van der Waals surface area contributed by atoms with Gasteiger partial charge in [0.1, 0.15) is 5.52 Å². The molecule has 0 saturated carbocycles. The molecule has 2 aromatic carbocycles. The number of alkyl halides is 3. The average Bonchev–Trinajstić information content (AvgIpc) is 2.87. The average molecular weight is 289 g/mol. The lowest BCUT2D eigenvalue weighted by atomic mass is 10.1. The van der Waals surface area contributed by atoms with Crippen LogP contribution in [-0.2, 0) is 6.18 Å². The minimum Gasteiger partial charge on any atom is -0.437 e. The van der Waals surface area contributed by atoms with Crippen LogP contribution in [0.1, 0.15) is 17.0 Å². The van der Waals surface area contributed by atoms with Gasteiger partial charge >= 0.3 is 6.18 Å². The maximum atomic E-state index is 12.9. The van der Waals surface area contributed by atoms with Crippen molar-refractivity contribution in [2.75, 3.05) is 0 Å². The summed E-state index contributed by atoms with van der Waals surface area (Å²) in [5.74, 6) is 0.271. The summed E-state index contributed by atoms with van der Waals surface area (Å²) in [7, 11) is 0. The Morgan fingerprint density at radius 3 is 2.38 bits per heavy atom. The fourth-order valence-corrected chi connectivity index (χ4v) is 2.02. The van der Waals surface area contributed by atoms with Crippen LogP contribution in [0, 0.1) is 0 Å². The number of benzene rings is 2. The molecule has 5 heteroatoms. The van der Waals surface area contributed by atoms with Crippen molar-refractivity contribution in [3.63, 3.8) is 0 Å². The smallest absolute Gasteiger partial charge is 0.416 e. The van der Waals surface area contributed by atoms with Crippen LogP contribution in [0.2, 0.25) is 0 Å². The molecule has 0 saturated heterocycles. The zero-order chi connectivity index (χ0) is 14.9. The lowest BCUT2D eigenvalue weighted by Gasteiger charge is -2.09. The van der Waals surface area contributed by atoms with Crippen LogP contribution in [0.15, 0.2) is 52.9 Å². The van der Waals surface area contributed by atoms with Crippen LogP contribution in [-0.4, -0.2) is 4.98 Å². The molecular weight excluding hydrogens is 279 g/mol. The number of fused-ring (bicyclic) bond motifs is 1. The third-order valence-corrected chi connectivity index (χ3v) is 2.98. The van der Waals surface area contributed by atoms with Crippen molar-refractivity contribution in [2.45, 2.75) is 6.18 Å². The van der Waals surface area contributed by atoms with Crippen LogP contribution in [0.3, 0.4) is 0 Å². The first-order valence-corrected chi connectivity index (χ1v) is 6.24. The first-order valence-electron chi connectivity index (χ1n) is 6.24. The maximum Gasteiger partial charge on any atom is 0.416 e. The van der Waals surface area contributed by atoms with E-state index in [9.17, 15) is 13.2 Å². The number of oxazole rings is 1. The highest BCUT2D eigenvalue weighted by Gasteiger charge is 2.32. The van der Waals surface area contributed by atoms with E-state index in [-0.39, 0.29) is 11.5 Å². The van der Waals surface area contributed by atoms with E-state index in [2.05, 4.69) is 4.98 Å². The zero-order valence-electron chi connectivity index (χ0n) is 10.8. The Kier molecular flexibility index (Phi) is 3.25. The molecule has 0 aliphatic carbocycles. The second-order valence-corrected chi connectivity index (χ2v) is 4.44. The van der Waals surface area contributed by atoms with Crippen molar-refractivity contribution in [1.29, 1.82) is 0 Å². The molecule has 0 amide bonds. The van der Waals surface area contributed by atoms with Gasteiger partial charge < -0.3 is 4.42 Å². The summed E-state index contributed by atoms with van der Waals surface area (Å²) in [5, 5.41) is 0. The highest BCUT2D eigenvalue weighted by Crippen LogP contribution is 2.32. The van der Waals surface area contributed by atoms with Crippen LogP contribution in [0.25, 0.3) is 23.3 Å². The van der Waals surface area contributed by atoms with Gasteiger partial charge in [0.15, 0.2) is 5.58 Å². The molecule has 0 bridgehead atoms. The SMILES string of the molecule is FC(F)(F)c1ccccc1/C=C/c1nc2ccccc2o1. The highest BCUT2D eigenvalue weighted by atomic mass is 19.4. The van der Waals surface area contributed by atoms with Gasteiger partial charge in [-0.1, -0.05) is 30.3 Å². The topological polar surface area (TPSA) is 26.0 Å². The van der Waals surface area contributed by atoms with Gasteiger partial charge in [-0.25, -0.2) is 4.98 Å². The molecule has 0 N–H and O–H groups in total. The summed E-state index contributed by atoms with van der Waals surface area (Å²) < 4.78 is 44.0. The molecule has 0 aliphatic rings. The Bertz CT molecular complexity index is 769. The van der Waals surface area contributed by atoms with Crippen LogP contribution >= 0.6 is 0 Å². The number of hydrogen-bond donors (Lipinski definition) is 0. The van der Waals surface area contributed by atoms with E-state index in [1.165, 1.54) is 24.3 Å². The minimum atomic E-state index is -4.39. The molecule has 0 radical (unpaired) electrons. The monoisotopic (exact) mass is 289 g/mol. The molecule has 1 aromatic heterocycles. The zero-order valence-corrected chi connectivity index (χ0v) is 10.8. The minimum absolute atomic E-state index is 0.0762. The van der Waals surface area contributed by atoms with Crippen molar-refractivity contribution < 1.29 is 17.6 Å². The van der Waals surface area contributed by atoms with E-state index in [0.717, 1.165) is 6.07 Å². The maximum absolute atomic E-state index is 12.9. The standard InChI is InChI=1S/C16H10F3NO/c17-16(18,19)12-6-2-1-5-11(12)9-10-15-20-13-7-3-4-8-14(13)21-15/h1-10H/b10-9+. The Morgan fingerprint density at radius 2 is 1.62 bits per heavy atom. The third kappa shape index (κ3) is 2.81. The molecular formula is C16H10F3NO. The van der Waals surface area contributed by atoms with Crippen molar-refractivity contribution in [1.82, 2.24) is 4.98 Å². The molecule has 0 unspecified atom stereocenters. The largest absolute Gasteiger partial charge is 0.437 e. The highest BCUT2D eigenvalue weighted by molar-refractivity contribution is 5.76. The van der Waals surface area contributed by atoms with Crippen molar-refractivity contribution in [3.8, 4) is 0 Å². The molecule has 0 aliphatic heterocycles. The van der Waals surface area contributed by atoms with E-state index >= 15 is 0 Å². The van der Waals surface area contributed by atoms with Gasteiger partial charge in [0.25, 0.3) is 0 Å². The van der Waals surface area contributed by atoms with E-state index in [1.54, 1.807) is 24.3 Å². The molecule has 3 rings (SSSR count). The van der Waals surface area contributed by atoms with E-state index in [4.69, 9.17) is 4.42 Å². The van der Waals surface area contributed by atoms with Gasteiger partial charge in [-0.05, 0) is 29.8 Å². The van der Waals surface area contributed by atoms with Gasteiger partial charge in [-0.3, -0.25) is 0 Å². The predicted molar refractivity (Wildman–Crippen MR) is 74.4 cm³/mol. The summed E-state index contributed by atoms with van der Waals surface area (Å²) in [4.78, 5) is 4.18. The van der Waals surface area contributed by atoms with Gasteiger partial charge in [0.05, 0.1) is 5.56 Å². The molecule has 0 atom stereocenters. The molecule has 106 valence electrons. The summed E-state index contributed by atoms with van der Waals surface area (Å²) >= 11 is 0. The quantitative estimate of drug-likeness (QED) is 0.662. The number of halogens is 3. The van der Waals surface area contributed by atoms with Gasteiger partial charge in [0.2, 0.25) is 5.89 Å². The van der Waals surface area contributed by atoms with Gasteiger partial charge in [-0.15, -0.1) is 0 Å². The molecule has 0 fully saturated rings. The number of hydrogen-bond acceptors (Lipinski definition) is 2. The summed E-state index contributed by atoms with van der Waals surface area (Å²) in [5.41, 5.74) is 0.659. The van der Waals surface area contributed by atoms with Crippen LogP contribution in [0.5, 0.6) is 0 Å². The number of rotatable bonds is 2. The van der Waals surface area contributed by atoms with Crippen molar-refractivity contribution in [2.24, 2.45) is 0 Å². The lowest BCUT2D eigenvalue weighted by molar-refractivity contribution is -0.137. The second kappa shape index (κ2) is 5.09. The number of nitrogens with zero attached hydrogens (tertiary/aromatic N) is 1. The number of para-hydroxylation sites is 2. The molecule has 3 aromatic rings. The van der Waals surface area contributed by atoms with Crippen LogP contribution < -0.4 is 0 Å². The van der Waals surface area contributed by atoms with Gasteiger partial charge in [0, 0.05) is 6.08 Å². The summed E-state index contributed by atoms with van der Waals surface area (Å²) in [6.45, 7) is 0. The van der Waals surface area contributed by atoms with E-state index in [1.807, 2.05) is 6.07 Å². The van der Waals surface area contributed by atoms with Gasteiger partial charge in [-0.2, -0.15) is 13.2 Å². The molecule has 0 spiro atoms. The van der Waals surface area contributed by atoms with Crippen LogP contribution in [0.4, 0.5) is 13.2 Å². The Morgan fingerprint density at radius 1 is 0.905 bits per heavy atom. The Labute approximate surface area is 118 Å². The Balaban J connectivity index is 1.96.